The van der Waals surface area contributed by atoms with Crippen LogP contribution in [0.2, 0.25) is 0 Å². The fourth-order valence-electron chi connectivity index (χ4n) is 2.57. The molecule has 3 aromatic carbocycles. The molecule has 0 atom stereocenters. The van der Waals surface area contributed by atoms with Crippen LogP contribution in [0, 0.1) is 6.92 Å². The van der Waals surface area contributed by atoms with Gasteiger partial charge in [0.05, 0.1) is 0 Å². The van der Waals surface area contributed by atoms with Crippen molar-refractivity contribution in [1.82, 2.24) is 0 Å². The van der Waals surface area contributed by atoms with Gasteiger partial charge in [-0.25, -0.2) is 0 Å². The van der Waals surface area contributed by atoms with Crippen LogP contribution in [-0.4, -0.2) is 18.3 Å². The number of carbonyl (C=O) groups excluding carboxylic acids is 2. The Morgan fingerprint density at radius 2 is 1.32 bits per heavy atom. The average Bonchev–Trinajstić information content (AvgIpc) is 2.69. The zero-order valence-corrected chi connectivity index (χ0v) is 15.9. The predicted molar refractivity (Wildman–Crippen MR) is 111 cm³/mol. The van der Waals surface area contributed by atoms with Gasteiger partial charge in [0.15, 0.2) is 12.4 Å². The molecule has 3 aromatic rings. The molecule has 0 unspecified atom stereocenters. The second-order valence-corrected chi connectivity index (χ2v) is 6.49. The molecule has 28 heavy (non-hydrogen) atoms. The molecule has 0 aliphatic heterocycles. The molecule has 0 fully saturated rings. The summed E-state index contributed by atoms with van der Waals surface area (Å²) in [6.07, 6.45) is 0. The average molecular weight is 374 g/mol. The van der Waals surface area contributed by atoms with Gasteiger partial charge in [0.1, 0.15) is 5.75 Å². The van der Waals surface area contributed by atoms with Crippen LogP contribution < -0.4 is 15.4 Å². The van der Waals surface area contributed by atoms with Crippen LogP contribution in [0.5, 0.6) is 5.75 Å². The molecule has 0 spiro atoms. The van der Waals surface area contributed by atoms with E-state index in [-0.39, 0.29) is 18.3 Å². The molecule has 5 nitrogen and oxygen atoms in total. The minimum atomic E-state index is -0.221. The van der Waals surface area contributed by atoms with Crippen molar-refractivity contribution in [3.63, 3.8) is 0 Å². The smallest absolute Gasteiger partial charge is 0.262 e. The lowest BCUT2D eigenvalue weighted by molar-refractivity contribution is -0.118. The van der Waals surface area contributed by atoms with Crippen molar-refractivity contribution < 1.29 is 14.3 Å². The summed E-state index contributed by atoms with van der Waals surface area (Å²) in [4.78, 5) is 23.4. The number of amides is 1. The van der Waals surface area contributed by atoms with E-state index in [4.69, 9.17) is 4.74 Å². The summed E-state index contributed by atoms with van der Waals surface area (Å²) < 4.78 is 5.48. The molecular formula is C23H22N2O3. The lowest BCUT2D eigenvalue weighted by Crippen LogP contribution is -2.20. The number of hydrogen-bond acceptors (Lipinski definition) is 4. The number of ether oxygens (including phenoxy) is 1. The molecule has 0 saturated carbocycles. The van der Waals surface area contributed by atoms with E-state index >= 15 is 0 Å². The molecule has 0 heterocycles. The van der Waals surface area contributed by atoms with E-state index < -0.39 is 0 Å². The molecule has 0 saturated heterocycles. The zero-order valence-electron chi connectivity index (χ0n) is 15.9. The minimum Gasteiger partial charge on any atom is -0.484 e. The maximum Gasteiger partial charge on any atom is 0.262 e. The SMILES string of the molecule is CC(=O)c1ccc(Nc2ccc(NC(=O)COc3ccc(C)cc3)cc2)cc1. The highest BCUT2D eigenvalue weighted by Gasteiger charge is 2.05. The maximum atomic E-state index is 12.0. The topological polar surface area (TPSA) is 67.4 Å². The van der Waals surface area contributed by atoms with Crippen molar-refractivity contribution in [1.29, 1.82) is 0 Å². The first-order chi connectivity index (χ1) is 13.5. The fraction of sp³-hybridized carbons (Fsp3) is 0.130. The minimum absolute atomic E-state index is 0.0398. The van der Waals surface area contributed by atoms with Gasteiger partial charge in [-0.1, -0.05) is 17.7 Å². The molecule has 5 heteroatoms. The van der Waals surface area contributed by atoms with Gasteiger partial charge in [0, 0.05) is 22.6 Å². The third-order valence-corrected chi connectivity index (χ3v) is 4.14. The molecule has 0 aliphatic rings. The van der Waals surface area contributed by atoms with E-state index in [1.165, 1.54) is 0 Å². The Balaban J connectivity index is 1.51. The Bertz CT molecular complexity index is 947. The number of benzene rings is 3. The van der Waals surface area contributed by atoms with E-state index in [2.05, 4.69) is 10.6 Å². The molecule has 3 rings (SSSR count). The van der Waals surface area contributed by atoms with Gasteiger partial charge in [-0.2, -0.15) is 0 Å². The van der Waals surface area contributed by atoms with Gasteiger partial charge in [-0.15, -0.1) is 0 Å². The van der Waals surface area contributed by atoms with Crippen LogP contribution in [0.15, 0.2) is 72.8 Å². The number of nitrogens with one attached hydrogen (secondary N) is 2. The van der Waals surface area contributed by atoms with Crippen molar-refractivity contribution in [2.24, 2.45) is 0 Å². The highest BCUT2D eigenvalue weighted by atomic mass is 16.5. The first-order valence-corrected chi connectivity index (χ1v) is 8.97. The van der Waals surface area contributed by atoms with Gasteiger partial charge < -0.3 is 15.4 Å². The molecular weight excluding hydrogens is 352 g/mol. The Kier molecular flexibility index (Phi) is 6.07. The van der Waals surface area contributed by atoms with E-state index in [9.17, 15) is 9.59 Å². The van der Waals surface area contributed by atoms with Crippen LogP contribution in [0.25, 0.3) is 0 Å². The van der Waals surface area contributed by atoms with Crippen molar-refractivity contribution in [3.8, 4) is 5.75 Å². The van der Waals surface area contributed by atoms with Gasteiger partial charge in [-0.05, 0) is 74.5 Å². The van der Waals surface area contributed by atoms with E-state index in [1.807, 2.05) is 67.6 Å². The standard InChI is InChI=1S/C23H22N2O3/c1-16-3-13-22(14-4-16)28-15-23(27)25-21-11-9-20(10-12-21)24-19-7-5-18(6-8-19)17(2)26/h3-14,24H,15H2,1-2H3,(H,25,27). The number of rotatable bonds is 7. The molecule has 0 bridgehead atoms. The number of ketones is 1. The van der Waals surface area contributed by atoms with Crippen molar-refractivity contribution in [2.45, 2.75) is 13.8 Å². The summed E-state index contributed by atoms with van der Waals surface area (Å²) in [5.74, 6) is 0.482. The monoisotopic (exact) mass is 374 g/mol. The first-order valence-electron chi connectivity index (χ1n) is 8.97. The Morgan fingerprint density at radius 3 is 1.89 bits per heavy atom. The highest BCUT2D eigenvalue weighted by molar-refractivity contribution is 5.94. The molecule has 0 radical (unpaired) electrons. The van der Waals surface area contributed by atoms with Crippen molar-refractivity contribution in [3.05, 3.63) is 83.9 Å². The predicted octanol–water partition coefficient (Wildman–Crippen LogP) is 4.96. The Hall–Kier alpha value is -3.60. The number of Topliss-reactive ketones (excluding diaryl/α,β-unsaturated/α-hetero) is 1. The number of aryl methyl sites for hydroxylation is 1. The summed E-state index contributed by atoms with van der Waals surface area (Å²) in [6.45, 7) is 3.49. The van der Waals surface area contributed by atoms with E-state index in [1.54, 1.807) is 19.1 Å². The second kappa shape index (κ2) is 8.86. The molecule has 142 valence electrons. The van der Waals surface area contributed by atoms with Crippen LogP contribution >= 0.6 is 0 Å². The third kappa shape index (κ3) is 5.45. The highest BCUT2D eigenvalue weighted by Crippen LogP contribution is 2.20. The normalized spacial score (nSPS) is 10.2. The quantitative estimate of drug-likeness (QED) is 0.574. The number of anilines is 3. The summed E-state index contributed by atoms with van der Waals surface area (Å²) in [5, 5.41) is 6.06. The lowest BCUT2D eigenvalue weighted by Gasteiger charge is -2.10. The number of carbonyl (C=O) groups is 2. The van der Waals surface area contributed by atoms with Crippen LogP contribution in [-0.2, 0) is 4.79 Å². The van der Waals surface area contributed by atoms with Crippen molar-refractivity contribution >= 4 is 28.8 Å². The summed E-state index contributed by atoms with van der Waals surface area (Å²) in [6, 6.07) is 22.2. The summed E-state index contributed by atoms with van der Waals surface area (Å²) in [7, 11) is 0. The zero-order chi connectivity index (χ0) is 19.9. The summed E-state index contributed by atoms with van der Waals surface area (Å²) >= 11 is 0. The molecule has 0 aliphatic carbocycles. The Labute approximate surface area is 164 Å². The Morgan fingerprint density at radius 1 is 0.786 bits per heavy atom. The lowest BCUT2D eigenvalue weighted by atomic mass is 10.1. The second-order valence-electron chi connectivity index (χ2n) is 6.49. The fourth-order valence-corrected chi connectivity index (χ4v) is 2.57. The molecule has 1 amide bonds. The van der Waals surface area contributed by atoms with Crippen LogP contribution in [0.1, 0.15) is 22.8 Å². The first kappa shape index (κ1) is 19.2. The summed E-state index contributed by atoms with van der Waals surface area (Å²) in [5.41, 5.74) is 4.27. The third-order valence-electron chi connectivity index (χ3n) is 4.14. The number of hydrogen-bond donors (Lipinski definition) is 2. The van der Waals surface area contributed by atoms with Gasteiger partial charge in [0.2, 0.25) is 0 Å². The van der Waals surface area contributed by atoms with Gasteiger partial charge >= 0.3 is 0 Å². The van der Waals surface area contributed by atoms with Crippen LogP contribution in [0.4, 0.5) is 17.1 Å². The van der Waals surface area contributed by atoms with Gasteiger partial charge in [0.25, 0.3) is 5.91 Å². The van der Waals surface area contributed by atoms with Crippen LogP contribution in [0.3, 0.4) is 0 Å². The maximum absolute atomic E-state index is 12.0. The van der Waals surface area contributed by atoms with Gasteiger partial charge in [-0.3, -0.25) is 9.59 Å². The molecule has 0 aromatic heterocycles. The van der Waals surface area contributed by atoms with E-state index in [0.717, 1.165) is 16.9 Å². The molecule has 2 N–H and O–H groups in total. The largest absolute Gasteiger partial charge is 0.484 e. The van der Waals surface area contributed by atoms with Crippen molar-refractivity contribution in [2.75, 3.05) is 17.2 Å². The van der Waals surface area contributed by atoms with E-state index in [0.29, 0.717) is 17.0 Å².